The summed E-state index contributed by atoms with van der Waals surface area (Å²) in [6, 6.07) is 22.2. The van der Waals surface area contributed by atoms with Crippen molar-refractivity contribution in [3.8, 4) is 0 Å². The molecule has 4 heteroatoms. The Morgan fingerprint density at radius 2 is 0.958 bits per heavy atom. The molecular formula is C20H28N4. The first kappa shape index (κ1) is 17.1. The molecular weight excluding hydrogens is 296 g/mol. The van der Waals surface area contributed by atoms with E-state index in [9.17, 15) is 0 Å². The third kappa shape index (κ3) is 5.14. The summed E-state index contributed by atoms with van der Waals surface area (Å²) in [6.07, 6.45) is 0. The lowest BCUT2D eigenvalue weighted by Crippen LogP contribution is -2.42. The molecule has 2 aromatic carbocycles. The van der Waals surface area contributed by atoms with Crippen LogP contribution in [0.3, 0.4) is 0 Å². The number of piperazine rings is 2. The normalized spacial score (nSPS) is 23.8. The highest BCUT2D eigenvalue weighted by Gasteiger charge is 2.13. The van der Waals surface area contributed by atoms with Gasteiger partial charge >= 0.3 is 0 Å². The van der Waals surface area contributed by atoms with Crippen molar-refractivity contribution in [1.29, 1.82) is 0 Å². The summed E-state index contributed by atoms with van der Waals surface area (Å²) in [4.78, 5) is 0. The van der Waals surface area contributed by atoms with Crippen LogP contribution in [0, 0.1) is 0 Å². The van der Waals surface area contributed by atoms with Gasteiger partial charge in [-0.1, -0.05) is 60.7 Å². The molecule has 0 aromatic heterocycles. The van der Waals surface area contributed by atoms with Crippen LogP contribution in [-0.4, -0.2) is 39.3 Å². The molecule has 4 nitrogen and oxygen atoms in total. The first-order chi connectivity index (χ1) is 11.9. The first-order valence-corrected chi connectivity index (χ1v) is 8.91. The largest absolute Gasteiger partial charge is 0.314 e. The average molecular weight is 324 g/mol. The first-order valence-electron chi connectivity index (χ1n) is 8.91. The lowest BCUT2D eigenvalue weighted by Gasteiger charge is -2.24. The summed E-state index contributed by atoms with van der Waals surface area (Å²) in [7, 11) is 0. The molecule has 2 saturated heterocycles. The molecule has 0 aliphatic carbocycles. The lowest BCUT2D eigenvalue weighted by molar-refractivity contribution is 0.430. The van der Waals surface area contributed by atoms with E-state index >= 15 is 0 Å². The Bertz CT molecular complexity index is 507. The average Bonchev–Trinajstić information content (AvgIpc) is 2.71. The van der Waals surface area contributed by atoms with Crippen molar-refractivity contribution in [1.82, 2.24) is 21.3 Å². The minimum absolute atomic E-state index is 0.500. The quantitative estimate of drug-likeness (QED) is 0.681. The molecule has 0 saturated carbocycles. The summed E-state index contributed by atoms with van der Waals surface area (Å²) >= 11 is 0. The van der Waals surface area contributed by atoms with Crippen LogP contribution in [0.1, 0.15) is 23.2 Å². The SMILES string of the molecule is c1ccc(C2CNCCN2)cc1.c1ccc(C2CNCCN2)cc1. The van der Waals surface area contributed by atoms with Crippen molar-refractivity contribution < 1.29 is 0 Å². The van der Waals surface area contributed by atoms with Gasteiger partial charge in [0.2, 0.25) is 0 Å². The second-order valence-corrected chi connectivity index (χ2v) is 6.24. The van der Waals surface area contributed by atoms with Crippen molar-refractivity contribution >= 4 is 0 Å². The molecule has 2 aliphatic rings. The maximum Gasteiger partial charge on any atom is 0.0447 e. The Morgan fingerprint density at radius 3 is 1.29 bits per heavy atom. The van der Waals surface area contributed by atoms with Gasteiger partial charge in [0.25, 0.3) is 0 Å². The minimum atomic E-state index is 0.500. The monoisotopic (exact) mass is 324 g/mol. The maximum atomic E-state index is 3.47. The predicted octanol–water partition coefficient (Wildman–Crippen LogP) is 1.84. The van der Waals surface area contributed by atoms with Crippen LogP contribution < -0.4 is 21.3 Å². The molecule has 24 heavy (non-hydrogen) atoms. The number of hydrogen-bond donors (Lipinski definition) is 4. The van der Waals surface area contributed by atoms with E-state index in [2.05, 4.69) is 81.9 Å². The summed E-state index contributed by atoms with van der Waals surface area (Å²) in [5.74, 6) is 0. The van der Waals surface area contributed by atoms with Crippen molar-refractivity contribution in [2.45, 2.75) is 12.1 Å². The van der Waals surface area contributed by atoms with Crippen LogP contribution in [0.25, 0.3) is 0 Å². The highest BCUT2D eigenvalue weighted by molar-refractivity contribution is 5.20. The van der Waals surface area contributed by atoms with Crippen molar-refractivity contribution in [2.75, 3.05) is 39.3 Å². The minimum Gasteiger partial charge on any atom is -0.314 e. The van der Waals surface area contributed by atoms with Gasteiger partial charge in [0, 0.05) is 51.4 Å². The molecule has 2 fully saturated rings. The molecule has 4 rings (SSSR count). The second kappa shape index (κ2) is 9.55. The summed E-state index contributed by atoms with van der Waals surface area (Å²) in [5.41, 5.74) is 2.76. The van der Waals surface area contributed by atoms with Crippen molar-refractivity contribution in [3.63, 3.8) is 0 Å². The highest BCUT2D eigenvalue weighted by Crippen LogP contribution is 2.13. The molecule has 128 valence electrons. The van der Waals surface area contributed by atoms with E-state index in [1.807, 2.05) is 0 Å². The van der Waals surface area contributed by atoms with Gasteiger partial charge < -0.3 is 21.3 Å². The molecule has 2 aromatic rings. The van der Waals surface area contributed by atoms with Gasteiger partial charge in [-0.3, -0.25) is 0 Å². The molecule has 0 spiro atoms. The van der Waals surface area contributed by atoms with Gasteiger partial charge in [0.15, 0.2) is 0 Å². The predicted molar refractivity (Wildman–Crippen MR) is 100 cm³/mol. The maximum absolute atomic E-state index is 3.47. The zero-order valence-electron chi connectivity index (χ0n) is 14.2. The van der Waals surface area contributed by atoms with Crippen LogP contribution in [0.15, 0.2) is 60.7 Å². The molecule has 0 radical (unpaired) electrons. The van der Waals surface area contributed by atoms with E-state index in [1.165, 1.54) is 11.1 Å². The zero-order chi connectivity index (χ0) is 16.5. The Morgan fingerprint density at radius 1 is 0.542 bits per heavy atom. The lowest BCUT2D eigenvalue weighted by atomic mass is 10.1. The van der Waals surface area contributed by atoms with E-state index in [1.54, 1.807) is 0 Å². The highest BCUT2D eigenvalue weighted by atomic mass is 15.1. The van der Waals surface area contributed by atoms with E-state index in [0.717, 1.165) is 39.3 Å². The smallest absolute Gasteiger partial charge is 0.0447 e. The Labute approximate surface area is 145 Å². The van der Waals surface area contributed by atoms with Gasteiger partial charge in [-0.25, -0.2) is 0 Å². The van der Waals surface area contributed by atoms with Crippen LogP contribution >= 0.6 is 0 Å². The third-order valence-corrected chi connectivity index (χ3v) is 4.49. The van der Waals surface area contributed by atoms with Crippen LogP contribution in [0.5, 0.6) is 0 Å². The molecule has 4 N–H and O–H groups in total. The molecule has 0 bridgehead atoms. The molecule has 2 heterocycles. The van der Waals surface area contributed by atoms with Crippen LogP contribution in [0.4, 0.5) is 0 Å². The molecule has 2 aliphatic heterocycles. The molecule has 2 atom stereocenters. The van der Waals surface area contributed by atoms with E-state index in [0.29, 0.717) is 12.1 Å². The molecule has 2 unspecified atom stereocenters. The fourth-order valence-electron chi connectivity index (χ4n) is 3.15. The van der Waals surface area contributed by atoms with E-state index < -0.39 is 0 Å². The standard InChI is InChI=1S/2C10H14N2/c2*1-2-4-9(5-3-1)10-8-11-6-7-12-10/h2*1-5,10-12H,6-8H2. The van der Waals surface area contributed by atoms with Gasteiger partial charge in [0.1, 0.15) is 0 Å². The van der Waals surface area contributed by atoms with E-state index in [-0.39, 0.29) is 0 Å². The number of benzene rings is 2. The Balaban J connectivity index is 0.000000141. The number of nitrogens with one attached hydrogen (secondary N) is 4. The summed E-state index contributed by atoms with van der Waals surface area (Å²) in [6.45, 7) is 6.40. The number of rotatable bonds is 2. The Kier molecular flexibility index (Phi) is 6.81. The Hall–Kier alpha value is -1.72. The summed E-state index contributed by atoms with van der Waals surface area (Å²) < 4.78 is 0. The fourth-order valence-corrected chi connectivity index (χ4v) is 3.15. The van der Waals surface area contributed by atoms with Gasteiger partial charge in [-0.15, -0.1) is 0 Å². The molecule has 0 amide bonds. The van der Waals surface area contributed by atoms with Crippen LogP contribution in [-0.2, 0) is 0 Å². The van der Waals surface area contributed by atoms with Gasteiger partial charge in [0.05, 0.1) is 0 Å². The van der Waals surface area contributed by atoms with Crippen LogP contribution in [0.2, 0.25) is 0 Å². The zero-order valence-corrected chi connectivity index (χ0v) is 14.2. The third-order valence-electron chi connectivity index (χ3n) is 4.49. The van der Waals surface area contributed by atoms with E-state index in [4.69, 9.17) is 0 Å². The topological polar surface area (TPSA) is 48.1 Å². The fraction of sp³-hybridized carbons (Fsp3) is 0.400. The van der Waals surface area contributed by atoms with Crippen molar-refractivity contribution in [3.05, 3.63) is 71.8 Å². The van der Waals surface area contributed by atoms with Crippen molar-refractivity contribution in [2.24, 2.45) is 0 Å². The van der Waals surface area contributed by atoms with Gasteiger partial charge in [-0.2, -0.15) is 0 Å². The summed E-state index contributed by atoms with van der Waals surface area (Å²) in [5, 5.41) is 13.7. The number of hydrogen-bond acceptors (Lipinski definition) is 4. The second-order valence-electron chi connectivity index (χ2n) is 6.24. The van der Waals surface area contributed by atoms with Gasteiger partial charge in [-0.05, 0) is 11.1 Å².